The van der Waals surface area contributed by atoms with Crippen LogP contribution in [0.25, 0.3) is 0 Å². The van der Waals surface area contributed by atoms with Crippen LogP contribution in [-0.2, 0) is 10.0 Å². The van der Waals surface area contributed by atoms with Crippen LogP contribution in [0.5, 0.6) is 0 Å². The first-order valence-electron chi connectivity index (χ1n) is 5.77. The molecule has 102 valence electrons. The maximum Gasteiger partial charge on any atom is 0.214 e. The van der Waals surface area contributed by atoms with Crippen LogP contribution >= 0.6 is 0 Å². The van der Waals surface area contributed by atoms with E-state index in [1.807, 2.05) is 20.8 Å². The Morgan fingerprint density at radius 1 is 1.47 bits per heavy atom. The fourth-order valence-corrected chi connectivity index (χ4v) is 3.11. The fraction of sp³-hybridized carbons (Fsp3) is 0.900. The van der Waals surface area contributed by atoms with Crippen molar-refractivity contribution in [1.82, 2.24) is 4.31 Å². The van der Waals surface area contributed by atoms with E-state index in [0.29, 0.717) is 25.3 Å². The number of hydrogen-bond acceptors (Lipinski definition) is 4. The minimum Gasteiger partial charge on any atom is -0.409 e. The van der Waals surface area contributed by atoms with Gasteiger partial charge in [-0.05, 0) is 18.8 Å². The van der Waals surface area contributed by atoms with Crippen LogP contribution < -0.4 is 5.73 Å². The van der Waals surface area contributed by atoms with Crippen LogP contribution in [0.15, 0.2) is 5.16 Å². The van der Waals surface area contributed by atoms with E-state index in [9.17, 15) is 8.42 Å². The lowest BCUT2D eigenvalue weighted by Crippen LogP contribution is -2.40. The van der Waals surface area contributed by atoms with Gasteiger partial charge < -0.3 is 10.9 Å². The summed E-state index contributed by atoms with van der Waals surface area (Å²) in [4.78, 5) is 0. The van der Waals surface area contributed by atoms with Crippen molar-refractivity contribution in [2.24, 2.45) is 16.8 Å². The van der Waals surface area contributed by atoms with Crippen molar-refractivity contribution in [1.29, 1.82) is 0 Å². The van der Waals surface area contributed by atoms with Crippen molar-refractivity contribution in [3.05, 3.63) is 0 Å². The van der Waals surface area contributed by atoms with Gasteiger partial charge in [-0.2, -0.15) is 4.31 Å². The third-order valence-corrected chi connectivity index (χ3v) is 4.14. The molecule has 0 aromatic heterocycles. The quantitative estimate of drug-likeness (QED) is 0.294. The highest BCUT2D eigenvalue weighted by atomic mass is 32.2. The number of nitrogens with two attached hydrogens (primary N) is 1. The molecule has 0 saturated heterocycles. The smallest absolute Gasteiger partial charge is 0.214 e. The van der Waals surface area contributed by atoms with Gasteiger partial charge in [-0.1, -0.05) is 25.9 Å². The van der Waals surface area contributed by atoms with E-state index >= 15 is 0 Å². The van der Waals surface area contributed by atoms with Crippen LogP contribution in [0.2, 0.25) is 0 Å². The predicted octanol–water partition coefficient (Wildman–Crippen LogP) is 0.821. The number of nitrogens with zero attached hydrogens (tertiary/aromatic N) is 2. The Labute approximate surface area is 104 Å². The van der Waals surface area contributed by atoms with Crippen LogP contribution in [0.4, 0.5) is 0 Å². The summed E-state index contributed by atoms with van der Waals surface area (Å²) in [5, 5.41) is 11.3. The Kier molecular flexibility index (Phi) is 7.13. The SMILES string of the molecule is CCCN(C/C(N)=N/O)S(=O)(=O)CCC(C)C. The van der Waals surface area contributed by atoms with E-state index in [1.165, 1.54) is 4.31 Å². The van der Waals surface area contributed by atoms with Gasteiger partial charge in [0.2, 0.25) is 10.0 Å². The molecule has 0 bridgehead atoms. The number of amidine groups is 1. The summed E-state index contributed by atoms with van der Waals surface area (Å²) in [6, 6.07) is 0. The van der Waals surface area contributed by atoms with Gasteiger partial charge in [0.05, 0.1) is 12.3 Å². The highest BCUT2D eigenvalue weighted by molar-refractivity contribution is 7.89. The average Bonchev–Trinajstić information content (AvgIpc) is 2.25. The van der Waals surface area contributed by atoms with E-state index in [1.54, 1.807) is 0 Å². The van der Waals surface area contributed by atoms with Crippen molar-refractivity contribution < 1.29 is 13.6 Å². The maximum atomic E-state index is 12.0. The Hall–Kier alpha value is -0.820. The standard InChI is InChI=1S/C10H23N3O3S/c1-4-6-13(8-10(11)12-14)17(15,16)7-5-9(2)3/h9,14H,4-8H2,1-3H3,(H2,11,12). The first kappa shape index (κ1) is 16.2. The summed E-state index contributed by atoms with van der Waals surface area (Å²) in [7, 11) is -3.32. The van der Waals surface area contributed by atoms with Crippen LogP contribution in [-0.4, -0.2) is 42.6 Å². The van der Waals surface area contributed by atoms with Crippen molar-refractivity contribution in [3.63, 3.8) is 0 Å². The van der Waals surface area contributed by atoms with Crippen molar-refractivity contribution in [3.8, 4) is 0 Å². The Morgan fingerprint density at radius 3 is 2.47 bits per heavy atom. The molecule has 0 aliphatic heterocycles. The summed E-state index contributed by atoms with van der Waals surface area (Å²) in [6.07, 6.45) is 1.30. The summed E-state index contributed by atoms with van der Waals surface area (Å²) >= 11 is 0. The lowest BCUT2D eigenvalue weighted by atomic mass is 10.2. The van der Waals surface area contributed by atoms with Gasteiger partial charge in [0, 0.05) is 6.54 Å². The van der Waals surface area contributed by atoms with Gasteiger partial charge in [0.1, 0.15) is 0 Å². The van der Waals surface area contributed by atoms with E-state index in [0.717, 1.165) is 0 Å². The molecule has 6 nitrogen and oxygen atoms in total. The molecule has 0 aliphatic carbocycles. The molecule has 0 fully saturated rings. The molecule has 0 amide bonds. The molecule has 0 heterocycles. The highest BCUT2D eigenvalue weighted by Gasteiger charge is 2.22. The minimum atomic E-state index is -3.32. The number of rotatable bonds is 8. The van der Waals surface area contributed by atoms with E-state index in [-0.39, 0.29) is 18.1 Å². The van der Waals surface area contributed by atoms with Gasteiger partial charge in [0.15, 0.2) is 5.84 Å². The van der Waals surface area contributed by atoms with Crippen molar-refractivity contribution in [2.75, 3.05) is 18.8 Å². The zero-order valence-electron chi connectivity index (χ0n) is 10.8. The monoisotopic (exact) mass is 265 g/mol. The first-order chi connectivity index (χ1) is 7.83. The lowest BCUT2D eigenvalue weighted by molar-refractivity contribution is 0.314. The summed E-state index contributed by atoms with van der Waals surface area (Å²) in [5.74, 6) is 0.340. The number of sulfonamides is 1. The van der Waals surface area contributed by atoms with Gasteiger partial charge in [-0.3, -0.25) is 0 Å². The Morgan fingerprint density at radius 2 is 2.06 bits per heavy atom. The highest BCUT2D eigenvalue weighted by Crippen LogP contribution is 2.08. The van der Waals surface area contributed by atoms with Crippen LogP contribution in [0.3, 0.4) is 0 Å². The van der Waals surface area contributed by atoms with E-state index in [2.05, 4.69) is 5.16 Å². The van der Waals surface area contributed by atoms with Crippen molar-refractivity contribution >= 4 is 15.9 Å². The lowest BCUT2D eigenvalue weighted by Gasteiger charge is -2.21. The number of oxime groups is 1. The van der Waals surface area contributed by atoms with Gasteiger partial charge in [-0.25, -0.2) is 8.42 Å². The molecule has 0 aliphatic rings. The van der Waals surface area contributed by atoms with E-state index < -0.39 is 10.0 Å². The van der Waals surface area contributed by atoms with Gasteiger partial charge in [0.25, 0.3) is 0 Å². The predicted molar refractivity (Wildman–Crippen MR) is 68.5 cm³/mol. The third-order valence-electron chi connectivity index (χ3n) is 2.29. The second-order valence-electron chi connectivity index (χ2n) is 4.42. The zero-order chi connectivity index (χ0) is 13.5. The number of hydrogen-bond donors (Lipinski definition) is 2. The largest absolute Gasteiger partial charge is 0.409 e. The molecule has 0 rings (SSSR count). The fourth-order valence-electron chi connectivity index (χ4n) is 1.29. The second-order valence-corrected chi connectivity index (χ2v) is 6.51. The molecule has 0 spiro atoms. The molecule has 17 heavy (non-hydrogen) atoms. The van der Waals surface area contributed by atoms with Crippen LogP contribution in [0, 0.1) is 5.92 Å². The molecule has 0 aromatic carbocycles. The molecule has 0 aromatic rings. The normalized spacial score (nSPS) is 13.6. The minimum absolute atomic E-state index is 0.0508. The summed E-state index contributed by atoms with van der Waals surface area (Å²) < 4.78 is 25.3. The second kappa shape index (κ2) is 7.50. The summed E-state index contributed by atoms with van der Waals surface area (Å²) in [5.41, 5.74) is 5.35. The molecular formula is C10H23N3O3S. The maximum absolute atomic E-state index is 12.0. The molecule has 0 saturated carbocycles. The molecular weight excluding hydrogens is 242 g/mol. The molecule has 0 unspecified atom stereocenters. The van der Waals surface area contributed by atoms with E-state index in [4.69, 9.17) is 10.9 Å². The van der Waals surface area contributed by atoms with Crippen LogP contribution in [0.1, 0.15) is 33.6 Å². The first-order valence-corrected chi connectivity index (χ1v) is 7.38. The Balaban J connectivity index is 4.67. The topological polar surface area (TPSA) is 96.0 Å². The molecule has 0 atom stereocenters. The molecule has 0 radical (unpaired) electrons. The third kappa shape index (κ3) is 6.48. The van der Waals surface area contributed by atoms with Gasteiger partial charge in [-0.15, -0.1) is 0 Å². The molecule has 3 N–H and O–H groups in total. The average molecular weight is 265 g/mol. The van der Waals surface area contributed by atoms with Crippen molar-refractivity contribution in [2.45, 2.75) is 33.6 Å². The Bertz CT molecular complexity index is 339. The molecule has 7 heteroatoms. The summed E-state index contributed by atoms with van der Waals surface area (Å²) in [6.45, 7) is 6.17. The van der Waals surface area contributed by atoms with Gasteiger partial charge >= 0.3 is 0 Å². The zero-order valence-corrected chi connectivity index (χ0v) is 11.6.